The van der Waals surface area contributed by atoms with Gasteiger partial charge in [0.2, 0.25) is 0 Å². The number of carbonyl (C=O) groups is 2. The molecule has 0 saturated carbocycles. The summed E-state index contributed by atoms with van der Waals surface area (Å²) in [5.74, 6) is -2.00. The van der Waals surface area contributed by atoms with Crippen molar-refractivity contribution in [1.29, 1.82) is 0 Å². The summed E-state index contributed by atoms with van der Waals surface area (Å²) in [5.41, 5.74) is 2.37. The summed E-state index contributed by atoms with van der Waals surface area (Å²) in [7, 11) is 0. The maximum absolute atomic E-state index is 13.6. The van der Waals surface area contributed by atoms with Crippen molar-refractivity contribution in [2.24, 2.45) is 0 Å². The van der Waals surface area contributed by atoms with Gasteiger partial charge < -0.3 is 10.1 Å². The summed E-state index contributed by atoms with van der Waals surface area (Å²) in [4.78, 5) is 24.7. The zero-order valence-corrected chi connectivity index (χ0v) is 16.9. The summed E-state index contributed by atoms with van der Waals surface area (Å²) >= 11 is 11.5. The highest BCUT2D eigenvalue weighted by atomic mass is 35.5. The third-order valence-corrected chi connectivity index (χ3v) is 4.66. The maximum Gasteiger partial charge on any atom is 0.340 e. The largest absolute Gasteiger partial charge is 0.449 e. The normalized spacial score (nSPS) is 12.0. The van der Waals surface area contributed by atoms with Crippen molar-refractivity contribution in [1.82, 2.24) is 0 Å². The number of amides is 1. The number of rotatable bonds is 5. The number of esters is 1. The van der Waals surface area contributed by atoms with E-state index >= 15 is 0 Å². The van der Waals surface area contributed by atoms with E-state index in [9.17, 15) is 14.0 Å². The standard InChI is InChI=1S/C20H20Cl2FNO3/c1-10(2)13-7-5-6-11(3)18(13)24-19(25)12(4)27-20(26)14-8-17(23)16(22)9-15(14)21/h5-10,12H,1-4H3,(H,24,25)/t12-/m1/s1. The predicted molar refractivity (Wildman–Crippen MR) is 105 cm³/mol. The average molecular weight is 412 g/mol. The molecule has 0 aromatic heterocycles. The van der Waals surface area contributed by atoms with Crippen molar-refractivity contribution in [3.8, 4) is 0 Å². The molecule has 2 aromatic rings. The van der Waals surface area contributed by atoms with Gasteiger partial charge in [-0.2, -0.15) is 0 Å². The lowest BCUT2D eigenvalue weighted by Gasteiger charge is -2.19. The molecule has 0 radical (unpaired) electrons. The van der Waals surface area contributed by atoms with Crippen molar-refractivity contribution in [3.05, 3.63) is 62.9 Å². The van der Waals surface area contributed by atoms with Gasteiger partial charge in [0.05, 0.1) is 15.6 Å². The second-order valence-electron chi connectivity index (χ2n) is 6.48. The van der Waals surface area contributed by atoms with Crippen LogP contribution >= 0.6 is 23.2 Å². The van der Waals surface area contributed by atoms with Gasteiger partial charge in [-0.25, -0.2) is 9.18 Å². The minimum absolute atomic E-state index is 0.0555. The van der Waals surface area contributed by atoms with Gasteiger partial charge in [0.15, 0.2) is 6.10 Å². The first-order valence-corrected chi connectivity index (χ1v) is 9.13. The van der Waals surface area contributed by atoms with E-state index < -0.39 is 23.8 Å². The number of aryl methyl sites for hydroxylation is 1. The van der Waals surface area contributed by atoms with E-state index in [1.54, 1.807) is 0 Å². The van der Waals surface area contributed by atoms with Crippen molar-refractivity contribution in [3.63, 3.8) is 0 Å². The van der Waals surface area contributed by atoms with E-state index in [0.29, 0.717) is 5.69 Å². The first-order valence-electron chi connectivity index (χ1n) is 8.37. The molecule has 4 nitrogen and oxygen atoms in total. The molecule has 0 unspecified atom stereocenters. The summed E-state index contributed by atoms with van der Waals surface area (Å²) in [5, 5.41) is 2.55. The van der Waals surface area contributed by atoms with Crippen LogP contribution in [0.1, 0.15) is 48.2 Å². The Morgan fingerprint density at radius 2 is 1.78 bits per heavy atom. The number of benzene rings is 2. The smallest absolute Gasteiger partial charge is 0.340 e. The Kier molecular flexibility index (Phi) is 6.84. The minimum Gasteiger partial charge on any atom is -0.449 e. The van der Waals surface area contributed by atoms with Gasteiger partial charge in [-0.1, -0.05) is 55.2 Å². The Morgan fingerprint density at radius 3 is 2.41 bits per heavy atom. The topological polar surface area (TPSA) is 55.4 Å². The molecule has 0 aliphatic rings. The summed E-state index contributed by atoms with van der Waals surface area (Å²) in [6, 6.07) is 7.73. The molecule has 27 heavy (non-hydrogen) atoms. The average Bonchev–Trinajstić information content (AvgIpc) is 2.59. The predicted octanol–water partition coefficient (Wildman–Crippen LogP) is 5.75. The molecular formula is C20H20Cl2FNO3. The highest BCUT2D eigenvalue weighted by Crippen LogP contribution is 2.28. The van der Waals surface area contributed by atoms with Gasteiger partial charge in [-0.3, -0.25) is 4.79 Å². The zero-order valence-electron chi connectivity index (χ0n) is 15.4. The van der Waals surface area contributed by atoms with Crippen LogP contribution in [0, 0.1) is 12.7 Å². The number of carbonyl (C=O) groups excluding carboxylic acids is 2. The van der Waals surface area contributed by atoms with Crippen LogP contribution in [0.4, 0.5) is 10.1 Å². The molecule has 0 saturated heterocycles. The Labute approximate surface area is 167 Å². The zero-order chi connectivity index (χ0) is 20.3. The van der Waals surface area contributed by atoms with Gasteiger partial charge >= 0.3 is 5.97 Å². The number of para-hydroxylation sites is 1. The van der Waals surface area contributed by atoms with E-state index in [1.807, 2.05) is 39.0 Å². The van der Waals surface area contributed by atoms with E-state index in [4.69, 9.17) is 27.9 Å². The lowest BCUT2D eigenvalue weighted by molar-refractivity contribution is -0.123. The highest BCUT2D eigenvalue weighted by Gasteiger charge is 2.23. The van der Waals surface area contributed by atoms with Gasteiger partial charge in [0, 0.05) is 5.69 Å². The fraction of sp³-hybridized carbons (Fsp3) is 0.300. The third kappa shape index (κ3) is 4.99. The Bertz CT molecular complexity index is 884. The Morgan fingerprint density at radius 1 is 1.11 bits per heavy atom. The monoisotopic (exact) mass is 411 g/mol. The highest BCUT2D eigenvalue weighted by molar-refractivity contribution is 6.36. The molecule has 2 rings (SSSR count). The number of hydrogen-bond acceptors (Lipinski definition) is 3. The van der Waals surface area contributed by atoms with Gasteiger partial charge in [0.25, 0.3) is 5.91 Å². The first kappa shape index (κ1) is 21.2. The van der Waals surface area contributed by atoms with Gasteiger partial charge in [-0.15, -0.1) is 0 Å². The number of halogens is 3. The Balaban J connectivity index is 2.15. The molecule has 1 N–H and O–H groups in total. The fourth-order valence-electron chi connectivity index (χ4n) is 2.52. The van der Waals surface area contributed by atoms with Crippen LogP contribution in [0.5, 0.6) is 0 Å². The van der Waals surface area contributed by atoms with Crippen molar-refractivity contribution < 1.29 is 18.7 Å². The maximum atomic E-state index is 13.6. The summed E-state index contributed by atoms with van der Waals surface area (Å²) in [6.45, 7) is 7.35. The van der Waals surface area contributed by atoms with E-state index in [0.717, 1.165) is 23.3 Å². The third-order valence-electron chi connectivity index (χ3n) is 4.06. The number of anilines is 1. The van der Waals surface area contributed by atoms with Crippen LogP contribution in [0.25, 0.3) is 0 Å². The quantitative estimate of drug-likeness (QED) is 0.503. The van der Waals surface area contributed by atoms with Crippen LogP contribution in [0.2, 0.25) is 10.0 Å². The first-order chi connectivity index (χ1) is 12.6. The SMILES string of the molecule is Cc1cccc(C(C)C)c1NC(=O)[C@@H](C)OC(=O)c1cc(F)c(Cl)cc1Cl. The molecule has 0 aliphatic heterocycles. The molecule has 0 aliphatic carbocycles. The van der Waals surface area contributed by atoms with Crippen molar-refractivity contribution >= 4 is 40.8 Å². The van der Waals surface area contributed by atoms with E-state index in [2.05, 4.69) is 5.32 Å². The molecule has 1 atom stereocenters. The van der Waals surface area contributed by atoms with Crippen molar-refractivity contribution in [2.45, 2.75) is 39.7 Å². The molecule has 0 spiro atoms. The fourth-order valence-corrected chi connectivity index (χ4v) is 2.98. The molecule has 0 heterocycles. The van der Waals surface area contributed by atoms with Crippen LogP contribution in [-0.4, -0.2) is 18.0 Å². The van der Waals surface area contributed by atoms with Crippen LogP contribution in [0.3, 0.4) is 0 Å². The van der Waals surface area contributed by atoms with Crippen LogP contribution in [0.15, 0.2) is 30.3 Å². The number of hydrogen-bond donors (Lipinski definition) is 1. The van der Waals surface area contributed by atoms with Crippen molar-refractivity contribution in [2.75, 3.05) is 5.32 Å². The molecular weight excluding hydrogens is 392 g/mol. The Hall–Kier alpha value is -2.11. The molecule has 1 amide bonds. The van der Waals surface area contributed by atoms with E-state index in [-0.39, 0.29) is 21.5 Å². The molecule has 0 fully saturated rings. The van der Waals surface area contributed by atoms with E-state index in [1.165, 1.54) is 6.92 Å². The number of ether oxygens (including phenoxy) is 1. The lowest BCUT2D eigenvalue weighted by atomic mass is 9.98. The summed E-state index contributed by atoms with van der Waals surface area (Å²) < 4.78 is 18.7. The second-order valence-corrected chi connectivity index (χ2v) is 7.29. The molecule has 0 bridgehead atoms. The van der Waals surface area contributed by atoms with Crippen LogP contribution < -0.4 is 5.32 Å². The minimum atomic E-state index is -1.10. The summed E-state index contributed by atoms with van der Waals surface area (Å²) in [6.07, 6.45) is -1.10. The molecule has 144 valence electrons. The van der Waals surface area contributed by atoms with Crippen LogP contribution in [-0.2, 0) is 9.53 Å². The second kappa shape index (κ2) is 8.72. The number of nitrogens with one attached hydrogen (secondary N) is 1. The van der Waals surface area contributed by atoms with Gasteiger partial charge in [-0.05, 0) is 43.0 Å². The lowest BCUT2D eigenvalue weighted by Crippen LogP contribution is -2.30. The molecule has 2 aromatic carbocycles. The molecule has 7 heteroatoms. The van der Waals surface area contributed by atoms with Gasteiger partial charge in [0.1, 0.15) is 5.82 Å².